The highest BCUT2D eigenvalue weighted by Gasteiger charge is 2.28. The van der Waals surface area contributed by atoms with E-state index in [0.29, 0.717) is 17.6 Å². The molecule has 0 aliphatic heterocycles. The first-order chi connectivity index (χ1) is 7.31. The maximum atomic E-state index is 11.7. The van der Waals surface area contributed by atoms with E-state index in [1.165, 1.54) is 6.26 Å². The third-order valence-electron chi connectivity index (χ3n) is 2.92. The highest BCUT2D eigenvalue weighted by atomic mass is 35.5. The zero-order chi connectivity index (χ0) is 10.7. The van der Waals surface area contributed by atoms with E-state index in [2.05, 4.69) is 5.32 Å². The van der Waals surface area contributed by atoms with E-state index in [9.17, 15) is 4.79 Å². The molecule has 0 spiro atoms. The molecule has 2 rings (SSSR count). The first-order valence-electron chi connectivity index (χ1n) is 5.21. The van der Waals surface area contributed by atoms with Crippen LogP contribution in [0.5, 0.6) is 0 Å². The largest absolute Gasteiger partial charge is 0.459 e. The van der Waals surface area contributed by atoms with Gasteiger partial charge in [-0.1, -0.05) is 6.42 Å². The highest BCUT2D eigenvalue weighted by Crippen LogP contribution is 2.26. The molecule has 1 saturated carbocycles. The lowest BCUT2D eigenvalue weighted by molar-refractivity contribution is 0.0902. The van der Waals surface area contributed by atoms with Gasteiger partial charge in [0.2, 0.25) is 0 Å². The average molecular weight is 228 g/mol. The first kappa shape index (κ1) is 10.6. The summed E-state index contributed by atoms with van der Waals surface area (Å²) in [5.74, 6) is 1.26. The van der Waals surface area contributed by atoms with Gasteiger partial charge in [0.15, 0.2) is 5.76 Å². The number of alkyl halides is 1. The molecule has 0 aromatic carbocycles. The van der Waals surface area contributed by atoms with Gasteiger partial charge in [-0.05, 0) is 30.9 Å². The Kier molecular flexibility index (Phi) is 3.31. The normalized spacial score (nSPS) is 25.4. The molecule has 3 nitrogen and oxygen atoms in total. The van der Waals surface area contributed by atoms with Crippen LogP contribution in [0.25, 0.3) is 0 Å². The second kappa shape index (κ2) is 4.71. The minimum absolute atomic E-state index is 0.137. The summed E-state index contributed by atoms with van der Waals surface area (Å²) in [6, 6.07) is 3.59. The van der Waals surface area contributed by atoms with E-state index in [1.54, 1.807) is 12.1 Å². The van der Waals surface area contributed by atoms with Crippen molar-refractivity contribution in [3.05, 3.63) is 24.2 Å². The standard InChI is InChI=1S/C11H14ClNO2/c12-7-8-3-1-4-9(8)13-11(14)10-5-2-6-15-10/h2,5-6,8-9H,1,3-4,7H2,(H,13,14). The van der Waals surface area contributed by atoms with Gasteiger partial charge in [-0.25, -0.2) is 0 Å². The van der Waals surface area contributed by atoms with Crippen LogP contribution in [0.15, 0.2) is 22.8 Å². The number of carbonyl (C=O) groups is 1. The van der Waals surface area contributed by atoms with Gasteiger partial charge in [0.05, 0.1) is 6.26 Å². The second-order valence-electron chi connectivity index (χ2n) is 3.90. The molecule has 1 N–H and O–H groups in total. The van der Waals surface area contributed by atoms with Crippen LogP contribution in [0, 0.1) is 5.92 Å². The zero-order valence-corrected chi connectivity index (χ0v) is 9.17. The highest BCUT2D eigenvalue weighted by molar-refractivity contribution is 6.18. The number of furan rings is 1. The lowest BCUT2D eigenvalue weighted by atomic mass is 10.1. The van der Waals surface area contributed by atoms with Crippen molar-refractivity contribution in [2.75, 3.05) is 5.88 Å². The number of hydrogen-bond donors (Lipinski definition) is 1. The predicted octanol–water partition coefficient (Wildman–Crippen LogP) is 2.42. The quantitative estimate of drug-likeness (QED) is 0.806. The molecule has 1 aromatic heterocycles. The van der Waals surface area contributed by atoms with Gasteiger partial charge < -0.3 is 9.73 Å². The van der Waals surface area contributed by atoms with Gasteiger partial charge in [-0.3, -0.25) is 4.79 Å². The molecule has 0 radical (unpaired) electrons. The van der Waals surface area contributed by atoms with E-state index >= 15 is 0 Å². The van der Waals surface area contributed by atoms with E-state index in [-0.39, 0.29) is 11.9 Å². The Balaban J connectivity index is 1.94. The van der Waals surface area contributed by atoms with Crippen molar-refractivity contribution in [1.29, 1.82) is 0 Å². The summed E-state index contributed by atoms with van der Waals surface area (Å²) in [5.41, 5.74) is 0. The van der Waals surface area contributed by atoms with E-state index in [0.717, 1.165) is 19.3 Å². The maximum absolute atomic E-state index is 11.7. The summed E-state index contributed by atoms with van der Waals surface area (Å²) in [6.45, 7) is 0. The van der Waals surface area contributed by atoms with Crippen LogP contribution in [0.1, 0.15) is 29.8 Å². The summed E-state index contributed by atoms with van der Waals surface area (Å²) < 4.78 is 5.03. The minimum Gasteiger partial charge on any atom is -0.459 e. The molecule has 1 amide bonds. The summed E-state index contributed by atoms with van der Waals surface area (Å²) in [6.07, 6.45) is 4.76. The fraction of sp³-hybridized carbons (Fsp3) is 0.545. The molecule has 2 unspecified atom stereocenters. The molecule has 1 aromatic rings. The van der Waals surface area contributed by atoms with Gasteiger partial charge in [0.1, 0.15) is 0 Å². The Morgan fingerprint density at radius 3 is 3.13 bits per heavy atom. The number of halogens is 1. The third-order valence-corrected chi connectivity index (χ3v) is 3.32. The Labute approximate surface area is 93.8 Å². The Hall–Kier alpha value is -0.960. The monoisotopic (exact) mass is 227 g/mol. The molecule has 4 heteroatoms. The molecule has 82 valence electrons. The van der Waals surface area contributed by atoms with Gasteiger partial charge in [-0.15, -0.1) is 11.6 Å². The van der Waals surface area contributed by atoms with Crippen LogP contribution in [0.4, 0.5) is 0 Å². The summed E-state index contributed by atoms with van der Waals surface area (Å²) in [5, 5.41) is 2.97. The van der Waals surface area contributed by atoms with Crippen LogP contribution < -0.4 is 5.32 Å². The molecular formula is C11H14ClNO2. The fourth-order valence-electron chi connectivity index (χ4n) is 2.06. The number of carbonyl (C=O) groups excluding carboxylic acids is 1. The molecule has 1 aliphatic carbocycles. The van der Waals surface area contributed by atoms with Crippen molar-refractivity contribution in [2.45, 2.75) is 25.3 Å². The van der Waals surface area contributed by atoms with Crippen LogP contribution in [0.3, 0.4) is 0 Å². The van der Waals surface area contributed by atoms with Crippen molar-refractivity contribution in [1.82, 2.24) is 5.32 Å². The summed E-state index contributed by atoms with van der Waals surface area (Å²) in [4.78, 5) is 11.7. The molecule has 1 fully saturated rings. The number of amides is 1. The zero-order valence-electron chi connectivity index (χ0n) is 8.41. The van der Waals surface area contributed by atoms with Crippen molar-refractivity contribution in [2.24, 2.45) is 5.92 Å². The summed E-state index contributed by atoms with van der Waals surface area (Å²) >= 11 is 5.84. The van der Waals surface area contributed by atoms with Crippen molar-refractivity contribution in [3.8, 4) is 0 Å². The third kappa shape index (κ3) is 2.34. The summed E-state index contributed by atoms with van der Waals surface area (Å²) in [7, 11) is 0. The number of nitrogens with one attached hydrogen (secondary N) is 1. The van der Waals surface area contributed by atoms with Crippen LogP contribution in [-0.4, -0.2) is 17.8 Å². The van der Waals surface area contributed by atoms with Gasteiger partial charge >= 0.3 is 0 Å². The SMILES string of the molecule is O=C(NC1CCCC1CCl)c1ccco1. The van der Waals surface area contributed by atoms with Gasteiger partial charge in [0, 0.05) is 11.9 Å². The maximum Gasteiger partial charge on any atom is 0.287 e. The van der Waals surface area contributed by atoms with E-state index < -0.39 is 0 Å². The van der Waals surface area contributed by atoms with Crippen LogP contribution >= 0.6 is 11.6 Å². The second-order valence-corrected chi connectivity index (χ2v) is 4.21. The van der Waals surface area contributed by atoms with Gasteiger partial charge in [0.25, 0.3) is 5.91 Å². The molecule has 0 saturated heterocycles. The Bertz CT molecular complexity index is 323. The fourth-order valence-corrected chi connectivity index (χ4v) is 2.43. The lowest BCUT2D eigenvalue weighted by Crippen LogP contribution is -2.37. The molecule has 1 aliphatic rings. The van der Waals surface area contributed by atoms with E-state index in [4.69, 9.17) is 16.0 Å². The first-order valence-corrected chi connectivity index (χ1v) is 5.75. The average Bonchev–Trinajstić information content (AvgIpc) is 2.87. The topological polar surface area (TPSA) is 42.2 Å². The van der Waals surface area contributed by atoms with Gasteiger partial charge in [-0.2, -0.15) is 0 Å². The molecule has 0 bridgehead atoms. The van der Waals surface area contributed by atoms with E-state index in [1.807, 2.05) is 0 Å². The van der Waals surface area contributed by atoms with Crippen LogP contribution in [0.2, 0.25) is 0 Å². The number of rotatable bonds is 3. The van der Waals surface area contributed by atoms with Crippen molar-refractivity contribution < 1.29 is 9.21 Å². The lowest BCUT2D eigenvalue weighted by Gasteiger charge is -2.17. The number of hydrogen-bond acceptors (Lipinski definition) is 2. The predicted molar refractivity (Wildman–Crippen MR) is 58.0 cm³/mol. The minimum atomic E-state index is -0.137. The van der Waals surface area contributed by atoms with Crippen molar-refractivity contribution in [3.63, 3.8) is 0 Å². The molecule has 15 heavy (non-hydrogen) atoms. The van der Waals surface area contributed by atoms with Crippen LogP contribution in [-0.2, 0) is 0 Å². The molecule has 2 atom stereocenters. The molecule has 1 heterocycles. The Morgan fingerprint density at radius 2 is 2.47 bits per heavy atom. The smallest absolute Gasteiger partial charge is 0.287 e. The van der Waals surface area contributed by atoms with Crippen molar-refractivity contribution >= 4 is 17.5 Å². The Morgan fingerprint density at radius 1 is 1.60 bits per heavy atom. The molecular weight excluding hydrogens is 214 g/mol.